The topological polar surface area (TPSA) is 78.9 Å². The van der Waals surface area contributed by atoms with Crippen molar-refractivity contribution in [2.24, 2.45) is 0 Å². The Hall–Kier alpha value is -2.11. The minimum absolute atomic E-state index is 0.0747. The monoisotopic (exact) mass is 831 g/mol. The summed E-state index contributed by atoms with van der Waals surface area (Å²) < 4.78 is 16.8. The number of carbonyl (C=O) groups is 3. The second-order valence-electron chi connectivity index (χ2n) is 17.4. The van der Waals surface area contributed by atoms with Crippen LogP contribution in [-0.2, 0) is 28.6 Å². The minimum Gasteiger partial charge on any atom is -0.462 e. The van der Waals surface area contributed by atoms with Crippen molar-refractivity contribution in [3.05, 3.63) is 24.3 Å². The van der Waals surface area contributed by atoms with Crippen molar-refractivity contribution in [1.29, 1.82) is 0 Å². The fourth-order valence-electron chi connectivity index (χ4n) is 7.49. The van der Waals surface area contributed by atoms with Crippen LogP contribution >= 0.6 is 0 Å². The molecule has 0 aromatic carbocycles. The predicted octanol–water partition coefficient (Wildman–Crippen LogP) is 16.8. The molecule has 0 fully saturated rings. The van der Waals surface area contributed by atoms with Crippen LogP contribution in [-0.4, -0.2) is 37.2 Å². The van der Waals surface area contributed by atoms with Crippen molar-refractivity contribution in [3.63, 3.8) is 0 Å². The molecule has 0 aliphatic carbocycles. The van der Waals surface area contributed by atoms with Crippen LogP contribution in [0.4, 0.5) is 0 Å². The molecule has 0 amide bonds. The fraction of sp³-hybridized carbons (Fsp3) is 0.868. The van der Waals surface area contributed by atoms with Gasteiger partial charge in [0.1, 0.15) is 13.2 Å². The molecule has 6 nitrogen and oxygen atoms in total. The lowest BCUT2D eigenvalue weighted by Gasteiger charge is -2.18. The van der Waals surface area contributed by atoms with E-state index in [-0.39, 0.29) is 31.1 Å². The summed E-state index contributed by atoms with van der Waals surface area (Å²) in [5, 5.41) is 0. The maximum Gasteiger partial charge on any atom is 0.306 e. The van der Waals surface area contributed by atoms with Gasteiger partial charge < -0.3 is 14.2 Å². The third-order valence-corrected chi connectivity index (χ3v) is 11.4. The van der Waals surface area contributed by atoms with Gasteiger partial charge in [0, 0.05) is 19.3 Å². The lowest BCUT2D eigenvalue weighted by molar-refractivity contribution is -0.167. The van der Waals surface area contributed by atoms with Crippen molar-refractivity contribution in [1.82, 2.24) is 0 Å². The number of unbranched alkanes of at least 4 members (excludes halogenated alkanes) is 32. The Kier molecular flexibility index (Phi) is 46.8. The summed E-state index contributed by atoms with van der Waals surface area (Å²) in [6, 6.07) is 0. The highest BCUT2D eigenvalue weighted by molar-refractivity contribution is 5.71. The first kappa shape index (κ1) is 56.9. The highest BCUT2D eigenvalue weighted by Gasteiger charge is 2.19. The molecule has 0 N–H and O–H groups in total. The van der Waals surface area contributed by atoms with Crippen molar-refractivity contribution >= 4 is 17.9 Å². The molecule has 0 aliphatic heterocycles. The smallest absolute Gasteiger partial charge is 0.306 e. The number of hydrogen-bond acceptors (Lipinski definition) is 6. The number of carbonyl (C=O) groups excluding carboxylic acids is 3. The molecule has 0 aromatic rings. The van der Waals surface area contributed by atoms with E-state index >= 15 is 0 Å². The van der Waals surface area contributed by atoms with Crippen LogP contribution in [0.2, 0.25) is 0 Å². The summed E-state index contributed by atoms with van der Waals surface area (Å²) in [5.41, 5.74) is 0. The maximum atomic E-state index is 12.8. The zero-order valence-corrected chi connectivity index (χ0v) is 39.5. The lowest BCUT2D eigenvalue weighted by Crippen LogP contribution is -2.30. The van der Waals surface area contributed by atoms with E-state index in [1.165, 1.54) is 167 Å². The van der Waals surface area contributed by atoms with Gasteiger partial charge in [0.05, 0.1) is 0 Å². The Bertz CT molecular complexity index is 958. The molecule has 0 aliphatic rings. The van der Waals surface area contributed by atoms with Crippen molar-refractivity contribution in [3.8, 4) is 0 Å². The summed E-state index contributed by atoms with van der Waals surface area (Å²) in [6.45, 7) is 6.62. The summed E-state index contributed by atoms with van der Waals surface area (Å²) in [7, 11) is 0. The molecule has 0 rings (SSSR count). The van der Waals surface area contributed by atoms with Gasteiger partial charge in [-0.05, 0) is 70.6 Å². The van der Waals surface area contributed by atoms with Crippen molar-refractivity contribution in [2.45, 2.75) is 284 Å². The van der Waals surface area contributed by atoms with Crippen LogP contribution in [0, 0.1) is 0 Å². The number of ether oxygens (including phenoxy) is 3. The molecule has 0 saturated carbocycles. The highest BCUT2D eigenvalue weighted by Crippen LogP contribution is 2.15. The van der Waals surface area contributed by atoms with Crippen LogP contribution in [0.1, 0.15) is 278 Å². The third-order valence-electron chi connectivity index (χ3n) is 11.4. The van der Waals surface area contributed by atoms with Crippen LogP contribution in [0.15, 0.2) is 24.3 Å². The summed E-state index contributed by atoms with van der Waals surface area (Å²) in [5.74, 6) is -0.879. The second-order valence-corrected chi connectivity index (χ2v) is 17.4. The van der Waals surface area contributed by atoms with Crippen molar-refractivity contribution in [2.75, 3.05) is 13.2 Å². The van der Waals surface area contributed by atoms with E-state index < -0.39 is 6.10 Å². The van der Waals surface area contributed by atoms with Gasteiger partial charge in [0.2, 0.25) is 0 Å². The minimum atomic E-state index is -0.772. The highest BCUT2D eigenvalue weighted by atomic mass is 16.6. The van der Waals surface area contributed by atoms with E-state index in [2.05, 4.69) is 45.1 Å². The third kappa shape index (κ3) is 46.8. The first-order chi connectivity index (χ1) is 29.0. The first-order valence-electron chi connectivity index (χ1n) is 25.8. The van der Waals surface area contributed by atoms with Gasteiger partial charge in [-0.2, -0.15) is 0 Å². The summed E-state index contributed by atoms with van der Waals surface area (Å²) in [6.07, 6.45) is 54.4. The van der Waals surface area contributed by atoms with Gasteiger partial charge in [-0.25, -0.2) is 0 Å². The maximum absolute atomic E-state index is 12.8. The van der Waals surface area contributed by atoms with Gasteiger partial charge in [0.25, 0.3) is 0 Å². The van der Waals surface area contributed by atoms with Gasteiger partial charge >= 0.3 is 17.9 Å². The molecule has 6 heteroatoms. The van der Waals surface area contributed by atoms with E-state index in [4.69, 9.17) is 14.2 Å². The molecular weight excluding hydrogens is 733 g/mol. The Balaban J connectivity index is 4.37. The van der Waals surface area contributed by atoms with Crippen LogP contribution in [0.5, 0.6) is 0 Å². The Morgan fingerprint density at radius 3 is 0.864 bits per heavy atom. The fourth-order valence-corrected chi connectivity index (χ4v) is 7.49. The van der Waals surface area contributed by atoms with Gasteiger partial charge in [-0.3, -0.25) is 14.4 Å². The van der Waals surface area contributed by atoms with Gasteiger partial charge in [-0.15, -0.1) is 0 Å². The lowest BCUT2D eigenvalue weighted by atomic mass is 10.0. The molecular formula is C53H98O6. The summed E-state index contributed by atoms with van der Waals surface area (Å²) in [4.78, 5) is 37.9. The molecule has 59 heavy (non-hydrogen) atoms. The molecule has 0 heterocycles. The SMILES string of the molecule is CCCCCC/C=C\CCCCCCCC(=O)OCC(COC(=O)CCCCCCC/C=C\CCCCCCC)OC(=O)CCCCCCCCCCCCCCCC. The average molecular weight is 831 g/mol. The van der Waals surface area contributed by atoms with Crippen LogP contribution < -0.4 is 0 Å². The molecule has 346 valence electrons. The molecule has 1 unspecified atom stereocenters. The largest absolute Gasteiger partial charge is 0.462 e. The summed E-state index contributed by atoms with van der Waals surface area (Å²) >= 11 is 0. The standard InChI is InChI=1S/C53H98O6/c1-4-7-10-13-16-19-22-25-28-31-34-37-40-43-46-52(55)58-49-50(48-57-51(54)45-42-39-36-33-30-27-24-21-18-15-12-9-6-3)59-53(56)47-44-41-38-35-32-29-26-23-20-17-14-11-8-5-2/h21-22,24-25,50H,4-20,23,26-49H2,1-3H3/b24-21-,25-22-. The molecule has 0 bridgehead atoms. The van der Waals surface area contributed by atoms with Crippen LogP contribution in [0.3, 0.4) is 0 Å². The van der Waals surface area contributed by atoms with E-state index in [1.54, 1.807) is 0 Å². The second kappa shape index (κ2) is 48.6. The van der Waals surface area contributed by atoms with E-state index in [0.717, 1.165) is 70.6 Å². The first-order valence-corrected chi connectivity index (χ1v) is 25.8. The zero-order valence-electron chi connectivity index (χ0n) is 39.5. The molecule has 0 saturated heterocycles. The number of rotatable bonds is 47. The van der Waals surface area contributed by atoms with Gasteiger partial charge in [-0.1, -0.05) is 212 Å². The average Bonchev–Trinajstić information content (AvgIpc) is 3.23. The van der Waals surface area contributed by atoms with E-state index in [0.29, 0.717) is 19.3 Å². The van der Waals surface area contributed by atoms with Crippen molar-refractivity contribution < 1.29 is 28.6 Å². The zero-order chi connectivity index (χ0) is 43.0. The Morgan fingerprint density at radius 2 is 0.559 bits per heavy atom. The molecule has 1 atom stereocenters. The predicted molar refractivity (Wildman–Crippen MR) is 252 cm³/mol. The van der Waals surface area contributed by atoms with Crippen LogP contribution in [0.25, 0.3) is 0 Å². The van der Waals surface area contributed by atoms with Gasteiger partial charge in [0.15, 0.2) is 6.10 Å². The Morgan fingerprint density at radius 1 is 0.322 bits per heavy atom. The normalized spacial score (nSPS) is 12.1. The molecule has 0 aromatic heterocycles. The van der Waals surface area contributed by atoms with E-state index in [9.17, 15) is 14.4 Å². The number of allylic oxidation sites excluding steroid dienone is 4. The molecule has 0 radical (unpaired) electrons. The molecule has 0 spiro atoms. The number of esters is 3. The van der Waals surface area contributed by atoms with E-state index in [1.807, 2.05) is 0 Å². The Labute approximate surface area is 366 Å². The number of hydrogen-bond donors (Lipinski definition) is 0. The quantitative estimate of drug-likeness (QED) is 0.0263.